The smallest absolute Gasteiger partial charge is 0.185 e. The number of rotatable bonds is 4. The number of hydrogen-bond acceptors (Lipinski definition) is 4. The van der Waals surface area contributed by atoms with Gasteiger partial charge in [0.2, 0.25) is 0 Å². The minimum atomic E-state index is -0.00105. The van der Waals surface area contributed by atoms with E-state index in [0.717, 1.165) is 40.5 Å². The number of anilines is 1. The summed E-state index contributed by atoms with van der Waals surface area (Å²) < 4.78 is 0. The highest BCUT2D eigenvalue weighted by Crippen LogP contribution is 2.20. The summed E-state index contributed by atoms with van der Waals surface area (Å²) in [4.78, 5) is 17.0. The number of nitrogens with one attached hydrogen (secondary N) is 1. The lowest BCUT2D eigenvalue weighted by molar-refractivity contribution is 0.104. The molecule has 134 valence electrons. The zero-order valence-electron chi connectivity index (χ0n) is 14.9. The minimum Gasteiger partial charge on any atom is -0.335 e. The number of carbonyl (C=O) groups is 1. The van der Waals surface area contributed by atoms with Crippen LogP contribution in [0.3, 0.4) is 0 Å². The normalized spacial score (nSPS) is 14.3. The van der Waals surface area contributed by atoms with Crippen molar-refractivity contribution in [3.05, 3.63) is 83.9 Å². The molecule has 0 aliphatic carbocycles. The number of carbonyl (C=O) groups excluding carboxylic acids is 1. The highest BCUT2D eigenvalue weighted by atomic mass is 32.2. The first-order chi connectivity index (χ1) is 13.3. The van der Waals surface area contributed by atoms with Gasteiger partial charge in [0.05, 0.1) is 0 Å². The largest absolute Gasteiger partial charge is 0.335 e. The number of amidine groups is 1. The van der Waals surface area contributed by atoms with E-state index < -0.39 is 0 Å². The van der Waals surface area contributed by atoms with Crippen LogP contribution in [-0.2, 0) is 0 Å². The van der Waals surface area contributed by atoms with Gasteiger partial charge in [0.1, 0.15) is 0 Å². The maximum absolute atomic E-state index is 12.5. The summed E-state index contributed by atoms with van der Waals surface area (Å²) in [5, 5.41) is 6.58. The number of benzene rings is 3. The highest BCUT2D eigenvalue weighted by molar-refractivity contribution is 8.14. The number of nitrogens with zero attached hydrogens (tertiary/aromatic N) is 1. The molecule has 1 N–H and O–H groups in total. The standard InChI is InChI=1S/C23H20N2OS/c26-22(14-11-18-7-3-6-17-5-1-2-8-21(17)18)19-9-12-20(13-10-19)25-23-24-15-4-16-27-23/h1-3,5-14H,4,15-16H2,(H,24,25)/b14-11+. The van der Waals surface area contributed by atoms with Crippen molar-refractivity contribution >= 4 is 45.2 Å². The van der Waals surface area contributed by atoms with Gasteiger partial charge in [-0.3, -0.25) is 9.79 Å². The molecule has 4 heteroatoms. The summed E-state index contributed by atoms with van der Waals surface area (Å²) in [5.74, 6) is 1.10. The molecule has 3 aromatic rings. The van der Waals surface area contributed by atoms with Crippen molar-refractivity contribution in [3.63, 3.8) is 0 Å². The van der Waals surface area contributed by atoms with Crippen LogP contribution in [0.5, 0.6) is 0 Å². The van der Waals surface area contributed by atoms with Crippen molar-refractivity contribution in [1.82, 2.24) is 0 Å². The lowest BCUT2D eigenvalue weighted by atomic mass is 10.0. The van der Waals surface area contributed by atoms with E-state index in [-0.39, 0.29) is 5.78 Å². The van der Waals surface area contributed by atoms with E-state index in [0.29, 0.717) is 5.56 Å². The Hall–Kier alpha value is -2.85. The fourth-order valence-corrected chi connectivity index (χ4v) is 3.87. The van der Waals surface area contributed by atoms with Crippen molar-refractivity contribution in [1.29, 1.82) is 0 Å². The molecule has 0 radical (unpaired) electrons. The topological polar surface area (TPSA) is 41.5 Å². The predicted octanol–water partition coefficient (Wildman–Crippen LogP) is 5.64. The van der Waals surface area contributed by atoms with Crippen molar-refractivity contribution in [3.8, 4) is 0 Å². The minimum absolute atomic E-state index is 0.00105. The quantitative estimate of drug-likeness (QED) is 0.476. The van der Waals surface area contributed by atoms with Gasteiger partial charge in [0.15, 0.2) is 11.0 Å². The van der Waals surface area contributed by atoms with Crippen molar-refractivity contribution in [2.75, 3.05) is 17.6 Å². The van der Waals surface area contributed by atoms with Crippen LogP contribution in [0.25, 0.3) is 16.8 Å². The number of ketones is 1. The molecule has 0 bridgehead atoms. The van der Waals surface area contributed by atoms with E-state index in [4.69, 9.17) is 0 Å². The van der Waals surface area contributed by atoms with Crippen LogP contribution >= 0.6 is 11.8 Å². The maximum Gasteiger partial charge on any atom is 0.185 e. The van der Waals surface area contributed by atoms with Gasteiger partial charge in [-0.05, 0) is 53.1 Å². The maximum atomic E-state index is 12.5. The van der Waals surface area contributed by atoms with Gasteiger partial charge >= 0.3 is 0 Å². The molecule has 1 heterocycles. The average molecular weight is 372 g/mol. The van der Waals surface area contributed by atoms with Crippen molar-refractivity contribution in [2.24, 2.45) is 4.99 Å². The van der Waals surface area contributed by atoms with Gasteiger partial charge in [-0.15, -0.1) is 0 Å². The summed E-state index contributed by atoms with van der Waals surface area (Å²) in [6, 6.07) is 21.9. The van der Waals surface area contributed by atoms with Crippen molar-refractivity contribution < 1.29 is 4.79 Å². The van der Waals surface area contributed by atoms with Crippen molar-refractivity contribution in [2.45, 2.75) is 6.42 Å². The van der Waals surface area contributed by atoms with Gasteiger partial charge in [0.25, 0.3) is 0 Å². The van der Waals surface area contributed by atoms with E-state index in [2.05, 4.69) is 28.5 Å². The first-order valence-electron chi connectivity index (χ1n) is 9.04. The molecular weight excluding hydrogens is 352 g/mol. The predicted molar refractivity (Wildman–Crippen MR) is 117 cm³/mol. The molecule has 4 rings (SSSR count). The number of fused-ring (bicyclic) bond motifs is 1. The molecule has 0 spiro atoms. The Balaban J connectivity index is 1.47. The van der Waals surface area contributed by atoms with Gasteiger partial charge < -0.3 is 5.32 Å². The lowest BCUT2D eigenvalue weighted by Crippen LogP contribution is -2.13. The van der Waals surface area contributed by atoms with Crippen LogP contribution < -0.4 is 5.32 Å². The Morgan fingerprint density at radius 3 is 2.63 bits per heavy atom. The third-order valence-electron chi connectivity index (χ3n) is 4.45. The molecule has 3 aromatic carbocycles. The fourth-order valence-electron chi connectivity index (χ4n) is 3.03. The monoisotopic (exact) mass is 372 g/mol. The first-order valence-corrected chi connectivity index (χ1v) is 10.0. The van der Waals surface area contributed by atoms with Crippen LogP contribution in [-0.4, -0.2) is 23.2 Å². The molecule has 0 atom stereocenters. The molecule has 1 aliphatic rings. The number of aliphatic imine (C=N–C) groups is 1. The summed E-state index contributed by atoms with van der Waals surface area (Å²) in [6.45, 7) is 0.880. The highest BCUT2D eigenvalue weighted by Gasteiger charge is 2.07. The first kappa shape index (κ1) is 17.6. The third-order valence-corrected chi connectivity index (χ3v) is 5.45. The SMILES string of the molecule is O=C(/C=C/c1cccc2ccccc12)c1ccc(NC2=NCCCS2)cc1. The van der Waals surface area contributed by atoms with Gasteiger partial charge in [-0.25, -0.2) is 0 Å². The molecule has 0 fully saturated rings. The molecule has 0 aromatic heterocycles. The fraction of sp³-hybridized carbons (Fsp3) is 0.130. The lowest BCUT2D eigenvalue weighted by Gasteiger charge is -2.13. The van der Waals surface area contributed by atoms with E-state index in [1.54, 1.807) is 17.8 Å². The Morgan fingerprint density at radius 2 is 1.81 bits per heavy atom. The van der Waals surface area contributed by atoms with Gasteiger partial charge in [-0.2, -0.15) is 0 Å². The summed E-state index contributed by atoms with van der Waals surface area (Å²) in [5.41, 5.74) is 2.68. The molecule has 3 nitrogen and oxygen atoms in total. The van der Waals surface area contributed by atoms with Gasteiger partial charge in [-0.1, -0.05) is 60.3 Å². The number of thioether (sulfide) groups is 1. The molecular formula is C23H20N2OS. The zero-order valence-corrected chi connectivity index (χ0v) is 15.7. The Labute approximate surface area is 163 Å². The van der Waals surface area contributed by atoms with Crippen LogP contribution in [0.2, 0.25) is 0 Å². The van der Waals surface area contributed by atoms with Crippen LogP contribution in [0, 0.1) is 0 Å². The second-order valence-corrected chi connectivity index (χ2v) is 7.44. The van der Waals surface area contributed by atoms with Crippen LogP contribution in [0.4, 0.5) is 5.69 Å². The van der Waals surface area contributed by atoms with E-state index in [1.807, 2.05) is 54.6 Å². The molecule has 0 saturated heterocycles. The van der Waals surface area contributed by atoms with E-state index >= 15 is 0 Å². The Bertz CT molecular complexity index is 1020. The van der Waals surface area contributed by atoms with Crippen LogP contribution in [0.1, 0.15) is 22.3 Å². The van der Waals surface area contributed by atoms with E-state index in [1.165, 1.54) is 5.39 Å². The molecule has 0 amide bonds. The summed E-state index contributed by atoms with van der Waals surface area (Å²) in [7, 11) is 0. The third kappa shape index (κ3) is 4.29. The molecule has 27 heavy (non-hydrogen) atoms. The van der Waals surface area contributed by atoms with E-state index in [9.17, 15) is 4.79 Å². The Morgan fingerprint density at radius 1 is 1.00 bits per heavy atom. The molecule has 0 saturated carbocycles. The van der Waals surface area contributed by atoms with Crippen LogP contribution in [0.15, 0.2) is 77.8 Å². The molecule has 1 aliphatic heterocycles. The zero-order chi connectivity index (χ0) is 18.5. The summed E-state index contributed by atoms with van der Waals surface area (Å²) in [6.07, 6.45) is 4.67. The number of allylic oxidation sites excluding steroid dienone is 1. The number of hydrogen-bond donors (Lipinski definition) is 1. The second-order valence-electron chi connectivity index (χ2n) is 6.36. The molecule has 0 unspecified atom stereocenters. The Kier molecular flexibility index (Phi) is 5.35. The van der Waals surface area contributed by atoms with Gasteiger partial charge in [0, 0.05) is 23.5 Å². The summed E-state index contributed by atoms with van der Waals surface area (Å²) >= 11 is 1.74. The second kappa shape index (κ2) is 8.23. The average Bonchev–Trinajstić information content (AvgIpc) is 2.73.